The molecule has 2 nitrogen and oxygen atoms in total. The number of hydrogen-bond donors (Lipinski definition) is 1. The van der Waals surface area contributed by atoms with Crippen molar-refractivity contribution >= 4 is 60.1 Å². The van der Waals surface area contributed by atoms with Gasteiger partial charge in [0.1, 0.15) is 5.75 Å². The predicted molar refractivity (Wildman–Crippen MR) is 99.5 cm³/mol. The monoisotopic (exact) mass is 509 g/mol. The SMILES string of the molecule is CCOc1c(Br)cc(CNc2cccc(I)c2)cc1Br. The molecular formula is C15H14Br2INO. The Morgan fingerprint density at radius 3 is 2.45 bits per heavy atom. The quantitative estimate of drug-likeness (QED) is 0.511. The molecule has 0 heterocycles. The van der Waals surface area contributed by atoms with Crippen molar-refractivity contribution in [3.05, 3.63) is 54.5 Å². The maximum Gasteiger partial charge on any atom is 0.147 e. The lowest BCUT2D eigenvalue weighted by Crippen LogP contribution is -2.01. The molecule has 0 radical (unpaired) electrons. The van der Waals surface area contributed by atoms with E-state index in [4.69, 9.17) is 4.74 Å². The van der Waals surface area contributed by atoms with Crippen molar-refractivity contribution in [2.45, 2.75) is 13.5 Å². The number of rotatable bonds is 5. The van der Waals surface area contributed by atoms with Crippen LogP contribution in [0.4, 0.5) is 5.69 Å². The number of ether oxygens (including phenoxy) is 1. The topological polar surface area (TPSA) is 21.3 Å². The molecule has 106 valence electrons. The van der Waals surface area contributed by atoms with E-state index in [0.717, 1.165) is 26.9 Å². The second-order valence-electron chi connectivity index (χ2n) is 4.19. The van der Waals surface area contributed by atoms with E-state index < -0.39 is 0 Å². The highest BCUT2D eigenvalue weighted by atomic mass is 127. The van der Waals surface area contributed by atoms with E-state index in [9.17, 15) is 0 Å². The maximum absolute atomic E-state index is 5.59. The highest BCUT2D eigenvalue weighted by Crippen LogP contribution is 2.35. The van der Waals surface area contributed by atoms with Gasteiger partial charge >= 0.3 is 0 Å². The fourth-order valence-corrected chi connectivity index (χ4v) is 3.85. The van der Waals surface area contributed by atoms with Gasteiger partial charge < -0.3 is 10.1 Å². The second kappa shape index (κ2) is 7.66. The van der Waals surface area contributed by atoms with E-state index in [1.807, 2.05) is 13.0 Å². The third-order valence-corrected chi connectivity index (χ3v) is 4.52. The van der Waals surface area contributed by atoms with Crippen molar-refractivity contribution in [1.82, 2.24) is 0 Å². The maximum atomic E-state index is 5.59. The zero-order chi connectivity index (χ0) is 14.5. The number of halogens is 3. The zero-order valence-electron chi connectivity index (χ0n) is 10.9. The van der Waals surface area contributed by atoms with E-state index in [-0.39, 0.29) is 0 Å². The Kier molecular flexibility index (Phi) is 6.17. The van der Waals surface area contributed by atoms with Crippen LogP contribution >= 0.6 is 54.5 Å². The molecule has 0 bridgehead atoms. The normalized spacial score (nSPS) is 10.4. The fraction of sp³-hybridized carbons (Fsp3) is 0.200. The van der Waals surface area contributed by atoms with Crippen LogP contribution in [0.1, 0.15) is 12.5 Å². The molecule has 0 saturated heterocycles. The van der Waals surface area contributed by atoms with E-state index in [2.05, 4.69) is 90.1 Å². The van der Waals surface area contributed by atoms with Gasteiger partial charge in [0, 0.05) is 15.8 Å². The molecule has 0 aromatic heterocycles. The zero-order valence-corrected chi connectivity index (χ0v) is 16.2. The number of benzene rings is 2. The summed E-state index contributed by atoms with van der Waals surface area (Å²) in [4.78, 5) is 0. The van der Waals surface area contributed by atoms with Gasteiger partial charge in [-0.25, -0.2) is 0 Å². The molecule has 0 unspecified atom stereocenters. The molecule has 0 spiro atoms. The van der Waals surface area contributed by atoms with Gasteiger partial charge in [0.2, 0.25) is 0 Å². The highest BCUT2D eigenvalue weighted by molar-refractivity contribution is 14.1. The van der Waals surface area contributed by atoms with Gasteiger partial charge in [0.15, 0.2) is 0 Å². The first-order valence-corrected chi connectivity index (χ1v) is 8.86. The minimum atomic E-state index is 0.650. The standard InChI is InChI=1S/C15H14Br2INO/c1-2-20-15-13(16)6-10(7-14(15)17)9-19-12-5-3-4-11(18)8-12/h3-8,19H,2,9H2,1H3. The van der Waals surface area contributed by atoms with Crippen LogP contribution in [0.15, 0.2) is 45.3 Å². The van der Waals surface area contributed by atoms with Crippen molar-refractivity contribution in [2.24, 2.45) is 0 Å². The summed E-state index contributed by atoms with van der Waals surface area (Å²) in [6.07, 6.45) is 0. The van der Waals surface area contributed by atoms with Crippen LogP contribution in [-0.2, 0) is 6.54 Å². The number of anilines is 1. The van der Waals surface area contributed by atoms with Crippen molar-refractivity contribution < 1.29 is 4.74 Å². The summed E-state index contributed by atoms with van der Waals surface area (Å²) < 4.78 is 8.74. The smallest absolute Gasteiger partial charge is 0.147 e. The Balaban J connectivity index is 2.10. The van der Waals surface area contributed by atoms with Crippen LogP contribution in [0.5, 0.6) is 5.75 Å². The molecule has 5 heteroatoms. The van der Waals surface area contributed by atoms with E-state index in [1.165, 1.54) is 9.13 Å². The summed E-state index contributed by atoms with van der Waals surface area (Å²) in [5.74, 6) is 0.852. The first-order chi connectivity index (χ1) is 9.60. The molecule has 1 N–H and O–H groups in total. The van der Waals surface area contributed by atoms with Gasteiger partial charge in [0.25, 0.3) is 0 Å². The summed E-state index contributed by atoms with van der Waals surface area (Å²) in [6.45, 7) is 3.40. The molecule has 0 aliphatic heterocycles. The largest absolute Gasteiger partial charge is 0.492 e. The first kappa shape index (κ1) is 16.1. The highest BCUT2D eigenvalue weighted by Gasteiger charge is 2.08. The average Bonchev–Trinajstić information content (AvgIpc) is 2.41. The third kappa shape index (κ3) is 4.36. The molecule has 0 amide bonds. The fourth-order valence-electron chi connectivity index (χ4n) is 1.80. The van der Waals surface area contributed by atoms with Crippen LogP contribution < -0.4 is 10.1 Å². The number of nitrogens with one attached hydrogen (secondary N) is 1. The third-order valence-electron chi connectivity index (χ3n) is 2.67. The van der Waals surface area contributed by atoms with Crippen LogP contribution in [0.25, 0.3) is 0 Å². The molecule has 2 aromatic rings. The van der Waals surface area contributed by atoms with Crippen molar-refractivity contribution in [1.29, 1.82) is 0 Å². The summed E-state index contributed by atoms with van der Waals surface area (Å²) in [5, 5.41) is 3.42. The summed E-state index contributed by atoms with van der Waals surface area (Å²) in [6, 6.07) is 12.5. The lowest BCUT2D eigenvalue weighted by molar-refractivity contribution is 0.336. The summed E-state index contributed by atoms with van der Waals surface area (Å²) in [7, 11) is 0. The van der Waals surface area contributed by atoms with Gasteiger partial charge in [-0.3, -0.25) is 0 Å². The lowest BCUT2D eigenvalue weighted by Gasteiger charge is -2.12. The Morgan fingerprint density at radius 1 is 1.15 bits per heavy atom. The number of hydrogen-bond acceptors (Lipinski definition) is 2. The van der Waals surface area contributed by atoms with Gasteiger partial charge in [-0.05, 0) is 97.3 Å². The lowest BCUT2D eigenvalue weighted by atomic mass is 10.2. The second-order valence-corrected chi connectivity index (χ2v) is 7.14. The van der Waals surface area contributed by atoms with Gasteiger partial charge in [-0.2, -0.15) is 0 Å². The van der Waals surface area contributed by atoms with Crippen LogP contribution in [0, 0.1) is 3.57 Å². The minimum Gasteiger partial charge on any atom is -0.492 e. The average molecular weight is 511 g/mol. The molecular weight excluding hydrogens is 497 g/mol. The van der Waals surface area contributed by atoms with Crippen molar-refractivity contribution in [2.75, 3.05) is 11.9 Å². The Morgan fingerprint density at radius 2 is 1.85 bits per heavy atom. The molecule has 2 rings (SSSR count). The molecule has 0 fully saturated rings. The summed E-state index contributed by atoms with van der Waals surface area (Å²) >= 11 is 9.42. The first-order valence-electron chi connectivity index (χ1n) is 6.20. The molecule has 0 aliphatic rings. The molecule has 0 aliphatic carbocycles. The van der Waals surface area contributed by atoms with Crippen LogP contribution in [0.2, 0.25) is 0 Å². The van der Waals surface area contributed by atoms with Crippen molar-refractivity contribution in [3.8, 4) is 5.75 Å². The van der Waals surface area contributed by atoms with E-state index in [1.54, 1.807) is 0 Å². The Hall–Kier alpha value is -0.270. The molecule has 2 aromatic carbocycles. The van der Waals surface area contributed by atoms with Gasteiger partial charge in [-0.15, -0.1) is 0 Å². The molecule has 0 atom stereocenters. The van der Waals surface area contributed by atoms with Crippen LogP contribution in [-0.4, -0.2) is 6.61 Å². The summed E-state index contributed by atoms with van der Waals surface area (Å²) in [5.41, 5.74) is 2.31. The van der Waals surface area contributed by atoms with E-state index in [0.29, 0.717) is 6.61 Å². The minimum absolute atomic E-state index is 0.650. The Bertz CT molecular complexity index is 581. The van der Waals surface area contributed by atoms with Gasteiger partial charge in [0.05, 0.1) is 15.6 Å². The van der Waals surface area contributed by atoms with Crippen molar-refractivity contribution in [3.63, 3.8) is 0 Å². The molecule has 20 heavy (non-hydrogen) atoms. The Labute approximate surface area is 149 Å². The predicted octanol–water partition coefficient (Wildman–Crippen LogP) is 5.83. The van der Waals surface area contributed by atoms with E-state index >= 15 is 0 Å². The van der Waals surface area contributed by atoms with Gasteiger partial charge in [-0.1, -0.05) is 6.07 Å². The van der Waals surface area contributed by atoms with Crippen LogP contribution in [0.3, 0.4) is 0 Å². The molecule has 0 saturated carbocycles.